The smallest absolute Gasteiger partial charge is 0.277 e. The number of ether oxygens (including phenoxy) is 1. The Kier molecular flexibility index (Phi) is 6.77. The number of nitrogens with zero attached hydrogens (tertiary/aromatic N) is 2. The second-order valence-corrected chi connectivity index (χ2v) is 8.12. The van der Waals surface area contributed by atoms with Gasteiger partial charge in [0, 0.05) is 6.04 Å². The zero-order valence-electron chi connectivity index (χ0n) is 16.2. The Hall–Kier alpha value is -2.02. The molecular weight excluding hydrogens is 362 g/mol. The molecule has 0 spiro atoms. The molecule has 0 saturated heterocycles. The molecule has 0 bridgehead atoms. The minimum Gasteiger partial charge on any atom is -0.483 e. The van der Waals surface area contributed by atoms with E-state index in [1.807, 2.05) is 32.0 Å². The first-order valence-corrected chi connectivity index (χ1v) is 10.4. The van der Waals surface area contributed by atoms with Gasteiger partial charge in [-0.25, -0.2) is 0 Å². The van der Waals surface area contributed by atoms with Crippen LogP contribution in [0.25, 0.3) is 0 Å². The van der Waals surface area contributed by atoms with Crippen molar-refractivity contribution in [1.82, 2.24) is 15.5 Å². The summed E-state index contributed by atoms with van der Waals surface area (Å²) in [7, 11) is 0. The van der Waals surface area contributed by atoms with Crippen molar-refractivity contribution < 1.29 is 13.9 Å². The van der Waals surface area contributed by atoms with Crippen molar-refractivity contribution >= 4 is 17.7 Å². The Morgan fingerprint density at radius 3 is 2.74 bits per heavy atom. The van der Waals surface area contributed by atoms with Gasteiger partial charge in [0.25, 0.3) is 11.1 Å². The third kappa shape index (κ3) is 5.48. The number of carbonyl (C=O) groups is 1. The molecule has 2 aromatic rings. The number of para-hydroxylation sites is 1. The van der Waals surface area contributed by atoms with Crippen LogP contribution in [-0.2, 0) is 11.4 Å². The number of hydrogen-bond donors (Lipinski definition) is 1. The Labute approximate surface area is 164 Å². The van der Waals surface area contributed by atoms with Crippen LogP contribution in [0.3, 0.4) is 0 Å². The van der Waals surface area contributed by atoms with Gasteiger partial charge >= 0.3 is 0 Å². The maximum atomic E-state index is 12.2. The number of aromatic nitrogens is 2. The van der Waals surface area contributed by atoms with E-state index < -0.39 is 0 Å². The fourth-order valence-electron chi connectivity index (χ4n) is 3.42. The van der Waals surface area contributed by atoms with Gasteiger partial charge in [0.15, 0.2) is 6.61 Å². The SMILES string of the molecule is Cc1cccc(C)c1OCc1nnc(SCC(=O)N[C@@H]2CCCC[C@H]2C)o1. The lowest BCUT2D eigenvalue weighted by Gasteiger charge is -2.29. The van der Waals surface area contributed by atoms with Crippen LogP contribution in [0.5, 0.6) is 5.75 Å². The Morgan fingerprint density at radius 1 is 1.26 bits per heavy atom. The van der Waals surface area contributed by atoms with Crippen molar-refractivity contribution in [1.29, 1.82) is 0 Å². The van der Waals surface area contributed by atoms with Crippen LogP contribution >= 0.6 is 11.8 Å². The third-order valence-corrected chi connectivity index (χ3v) is 5.80. The van der Waals surface area contributed by atoms with E-state index in [0.29, 0.717) is 17.0 Å². The Morgan fingerprint density at radius 2 is 2.00 bits per heavy atom. The quantitative estimate of drug-likeness (QED) is 0.720. The molecule has 3 rings (SSSR count). The Balaban J connectivity index is 1.46. The average molecular weight is 390 g/mol. The lowest BCUT2D eigenvalue weighted by molar-refractivity contribution is -0.119. The number of amides is 1. The highest BCUT2D eigenvalue weighted by Crippen LogP contribution is 2.25. The molecule has 27 heavy (non-hydrogen) atoms. The molecule has 1 heterocycles. The molecule has 1 aromatic heterocycles. The molecule has 1 fully saturated rings. The van der Waals surface area contributed by atoms with Crippen LogP contribution in [0.15, 0.2) is 27.8 Å². The number of benzene rings is 1. The summed E-state index contributed by atoms with van der Waals surface area (Å²) in [6, 6.07) is 6.29. The van der Waals surface area contributed by atoms with Gasteiger partial charge in [-0.1, -0.05) is 49.7 Å². The van der Waals surface area contributed by atoms with Gasteiger partial charge in [0.2, 0.25) is 5.91 Å². The molecule has 146 valence electrons. The van der Waals surface area contributed by atoms with Crippen molar-refractivity contribution in [2.24, 2.45) is 5.92 Å². The van der Waals surface area contributed by atoms with Gasteiger partial charge in [0.05, 0.1) is 5.75 Å². The Bertz CT molecular complexity index is 757. The maximum Gasteiger partial charge on any atom is 0.277 e. The fraction of sp³-hybridized carbons (Fsp3) is 0.550. The van der Waals surface area contributed by atoms with Crippen molar-refractivity contribution in [2.45, 2.75) is 64.3 Å². The molecule has 6 nitrogen and oxygen atoms in total. The molecule has 0 aliphatic heterocycles. The van der Waals surface area contributed by atoms with E-state index in [1.165, 1.54) is 31.0 Å². The molecule has 0 unspecified atom stereocenters. The van der Waals surface area contributed by atoms with Gasteiger partial charge in [-0.15, -0.1) is 10.2 Å². The van der Waals surface area contributed by atoms with Crippen LogP contribution in [0.4, 0.5) is 0 Å². The lowest BCUT2D eigenvalue weighted by Crippen LogP contribution is -2.41. The molecule has 2 atom stereocenters. The predicted octanol–water partition coefficient (Wildman–Crippen LogP) is 4.05. The molecule has 0 radical (unpaired) electrons. The summed E-state index contributed by atoms with van der Waals surface area (Å²) < 4.78 is 11.4. The maximum absolute atomic E-state index is 12.2. The van der Waals surface area contributed by atoms with E-state index >= 15 is 0 Å². The molecule has 1 N–H and O–H groups in total. The number of nitrogens with one attached hydrogen (secondary N) is 1. The zero-order chi connectivity index (χ0) is 19.2. The normalized spacial score (nSPS) is 19.7. The number of carbonyl (C=O) groups excluding carboxylic acids is 1. The second-order valence-electron chi connectivity index (χ2n) is 7.20. The van der Waals surface area contributed by atoms with Gasteiger partial charge in [0.1, 0.15) is 5.75 Å². The van der Waals surface area contributed by atoms with Crippen molar-refractivity contribution in [2.75, 3.05) is 5.75 Å². The first-order chi connectivity index (χ1) is 13.0. The number of aryl methyl sites for hydroxylation is 2. The first-order valence-electron chi connectivity index (χ1n) is 9.46. The molecular formula is C20H27N3O3S. The van der Waals surface area contributed by atoms with Crippen LogP contribution in [-0.4, -0.2) is 27.9 Å². The summed E-state index contributed by atoms with van der Waals surface area (Å²) in [5.74, 6) is 2.09. The van der Waals surface area contributed by atoms with E-state index in [9.17, 15) is 4.79 Å². The van der Waals surface area contributed by atoms with E-state index in [4.69, 9.17) is 9.15 Å². The summed E-state index contributed by atoms with van der Waals surface area (Å²) in [5.41, 5.74) is 2.13. The van der Waals surface area contributed by atoms with E-state index in [2.05, 4.69) is 22.4 Å². The van der Waals surface area contributed by atoms with Crippen LogP contribution < -0.4 is 10.1 Å². The zero-order valence-corrected chi connectivity index (χ0v) is 17.0. The summed E-state index contributed by atoms with van der Waals surface area (Å²) in [4.78, 5) is 12.2. The highest BCUT2D eigenvalue weighted by Gasteiger charge is 2.23. The predicted molar refractivity (Wildman–Crippen MR) is 105 cm³/mol. The van der Waals surface area contributed by atoms with Gasteiger partial charge in [-0.3, -0.25) is 4.79 Å². The number of thioether (sulfide) groups is 1. The van der Waals surface area contributed by atoms with Crippen LogP contribution in [0.1, 0.15) is 49.6 Å². The van der Waals surface area contributed by atoms with E-state index in [1.54, 1.807) is 0 Å². The molecule has 1 saturated carbocycles. The van der Waals surface area contributed by atoms with Crippen molar-refractivity contribution in [3.63, 3.8) is 0 Å². The summed E-state index contributed by atoms with van der Waals surface area (Å²) in [6.07, 6.45) is 4.70. The summed E-state index contributed by atoms with van der Waals surface area (Å²) in [5, 5.41) is 11.5. The molecule has 7 heteroatoms. The molecule has 1 aliphatic rings. The van der Waals surface area contributed by atoms with Crippen LogP contribution in [0.2, 0.25) is 0 Å². The largest absolute Gasteiger partial charge is 0.483 e. The first kappa shape index (κ1) is 19.7. The third-order valence-electron chi connectivity index (χ3n) is 4.98. The monoisotopic (exact) mass is 389 g/mol. The van der Waals surface area contributed by atoms with Crippen molar-refractivity contribution in [3.05, 3.63) is 35.2 Å². The topological polar surface area (TPSA) is 77.2 Å². The summed E-state index contributed by atoms with van der Waals surface area (Å²) in [6.45, 7) is 6.43. The standard InChI is InChI=1S/C20H27N3O3S/c1-13-7-4-5-10-16(13)21-17(24)12-27-20-23-22-18(26-20)11-25-19-14(2)8-6-9-15(19)3/h6,8-9,13,16H,4-5,7,10-12H2,1-3H3,(H,21,24)/t13-,16-/m1/s1. The highest BCUT2D eigenvalue weighted by atomic mass is 32.2. The molecule has 1 aromatic carbocycles. The van der Waals surface area contributed by atoms with Gasteiger partial charge < -0.3 is 14.5 Å². The second kappa shape index (κ2) is 9.26. The average Bonchev–Trinajstić information content (AvgIpc) is 3.09. The minimum atomic E-state index is 0.0188. The van der Waals surface area contributed by atoms with Gasteiger partial charge in [-0.2, -0.15) is 0 Å². The molecule has 1 amide bonds. The number of rotatable bonds is 7. The van der Waals surface area contributed by atoms with E-state index in [0.717, 1.165) is 23.3 Å². The van der Waals surface area contributed by atoms with E-state index in [-0.39, 0.29) is 24.3 Å². The van der Waals surface area contributed by atoms with Crippen molar-refractivity contribution in [3.8, 4) is 5.75 Å². The van der Waals surface area contributed by atoms with Crippen LogP contribution in [0, 0.1) is 19.8 Å². The highest BCUT2D eigenvalue weighted by molar-refractivity contribution is 7.99. The molecule has 1 aliphatic carbocycles. The number of hydrogen-bond acceptors (Lipinski definition) is 6. The van der Waals surface area contributed by atoms with Gasteiger partial charge in [-0.05, 0) is 43.7 Å². The fourth-order valence-corrected chi connectivity index (χ4v) is 4.01. The summed E-state index contributed by atoms with van der Waals surface area (Å²) >= 11 is 1.26. The minimum absolute atomic E-state index is 0.0188. The lowest BCUT2D eigenvalue weighted by atomic mass is 9.86.